The van der Waals surface area contributed by atoms with Crippen molar-refractivity contribution in [3.8, 4) is 0 Å². The molecule has 1 aromatic rings. The zero-order chi connectivity index (χ0) is 20.4. The number of ether oxygens (including phenoxy) is 2. The zero-order valence-electron chi connectivity index (χ0n) is 17.3. The van der Waals surface area contributed by atoms with Gasteiger partial charge in [-0.3, -0.25) is 14.4 Å². The van der Waals surface area contributed by atoms with Crippen LogP contribution in [0.5, 0.6) is 0 Å². The Morgan fingerprint density at radius 2 is 1.44 bits per heavy atom. The molecular formula is C22H30O5. The van der Waals surface area contributed by atoms with Gasteiger partial charge in [0.1, 0.15) is 0 Å². The quantitative estimate of drug-likeness (QED) is 0.414. The van der Waals surface area contributed by atoms with E-state index in [1.165, 1.54) is 14.2 Å². The molecule has 0 aromatic heterocycles. The largest absolute Gasteiger partial charge is 0.468 e. The Morgan fingerprint density at radius 3 is 1.89 bits per heavy atom. The van der Waals surface area contributed by atoms with E-state index in [1.54, 1.807) is 0 Å². The molecule has 0 aliphatic heterocycles. The van der Waals surface area contributed by atoms with Crippen LogP contribution in [-0.4, -0.2) is 31.9 Å². The van der Waals surface area contributed by atoms with E-state index in [4.69, 9.17) is 9.47 Å². The third kappa shape index (κ3) is 3.40. The highest BCUT2D eigenvalue weighted by Crippen LogP contribution is 2.44. The summed E-state index contributed by atoms with van der Waals surface area (Å²) in [5.41, 5.74) is 4.29. The lowest BCUT2D eigenvalue weighted by molar-refractivity contribution is -0.168. The lowest BCUT2D eigenvalue weighted by Crippen LogP contribution is -2.42. The van der Waals surface area contributed by atoms with Crippen LogP contribution >= 0.6 is 0 Å². The van der Waals surface area contributed by atoms with Gasteiger partial charge in [-0.2, -0.15) is 0 Å². The van der Waals surface area contributed by atoms with E-state index in [1.807, 2.05) is 20.8 Å². The fourth-order valence-corrected chi connectivity index (χ4v) is 4.33. The third-order valence-corrected chi connectivity index (χ3v) is 5.89. The van der Waals surface area contributed by atoms with Crippen LogP contribution < -0.4 is 0 Å². The number of esters is 2. The second-order valence-corrected chi connectivity index (χ2v) is 7.36. The van der Waals surface area contributed by atoms with Crippen LogP contribution in [0.25, 0.3) is 0 Å². The summed E-state index contributed by atoms with van der Waals surface area (Å²) >= 11 is 0. The van der Waals surface area contributed by atoms with Gasteiger partial charge in [0.2, 0.25) is 0 Å². The number of fused-ring (bicyclic) bond motifs is 1. The summed E-state index contributed by atoms with van der Waals surface area (Å²) in [6, 6.07) is 0. The molecule has 0 radical (unpaired) electrons. The van der Waals surface area contributed by atoms with Gasteiger partial charge in [-0.15, -0.1) is 0 Å². The van der Waals surface area contributed by atoms with Crippen LogP contribution in [0.1, 0.15) is 71.3 Å². The van der Waals surface area contributed by atoms with E-state index in [0.717, 1.165) is 52.6 Å². The number of carbonyl (C=O) groups is 3. The molecule has 0 fully saturated rings. The van der Waals surface area contributed by atoms with E-state index in [0.29, 0.717) is 6.42 Å². The Morgan fingerprint density at radius 1 is 0.926 bits per heavy atom. The van der Waals surface area contributed by atoms with Crippen LogP contribution in [0, 0.1) is 19.3 Å². The number of benzene rings is 1. The van der Waals surface area contributed by atoms with Crippen molar-refractivity contribution in [3.63, 3.8) is 0 Å². The maximum absolute atomic E-state index is 12.7. The van der Waals surface area contributed by atoms with Crippen LogP contribution in [0.3, 0.4) is 0 Å². The predicted molar refractivity (Wildman–Crippen MR) is 103 cm³/mol. The highest BCUT2D eigenvalue weighted by atomic mass is 16.5. The van der Waals surface area contributed by atoms with Crippen molar-refractivity contribution in [2.24, 2.45) is 5.41 Å². The van der Waals surface area contributed by atoms with E-state index < -0.39 is 17.4 Å². The van der Waals surface area contributed by atoms with Crippen molar-refractivity contribution in [2.45, 2.75) is 66.2 Å². The molecule has 1 aromatic carbocycles. The molecule has 0 N–H and O–H groups in total. The average Bonchev–Trinajstić information content (AvgIpc) is 3.10. The van der Waals surface area contributed by atoms with Crippen molar-refractivity contribution in [2.75, 3.05) is 14.2 Å². The monoisotopic (exact) mass is 374 g/mol. The SMILES string of the molecule is CCCCc1c(C)c2c(c(C)c1C(=O)CC)CC(C(=O)OC)(C(=O)OC)C2. The number of carbonyl (C=O) groups excluding carboxylic acids is 3. The van der Waals surface area contributed by atoms with Gasteiger partial charge >= 0.3 is 11.9 Å². The normalized spacial score (nSPS) is 14.6. The molecule has 148 valence electrons. The summed E-state index contributed by atoms with van der Waals surface area (Å²) in [5, 5.41) is 0. The minimum absolute atomic E-state index is 0.109. The number of Topliss-reactive ketones (excluding diaryl/α,β-unsaturated/α-hetero) is 1. The third-order valence-electron chi connectivity index (χ3n) is 5.89. The smallest absolute Gasteiger partial charge is 0.323 e. The molecule has 5 heteroatoms. The van der Waals surface area contributed by atoms with Crippen LogP contribution in [0.2, 0.25) is 0 Å². The minimum Gasteiger partial charge on any atom is -0.468 e. The van der Waals surface area contributed by atoms with Gasteiger partial charge in [0.15, 0.2) is 11.2 Å². The van der Waals surface area contributed by atoms with Gasteiger partial charge in [-0.05, 0) is 54.5 Å². The first kappa shape index (κ1) is 21.1. The fourth-order valence-electron chi connectivity index (χ4n) is 4.33. The molecule has 0 atom stereocenters. The highest BCUT2D eigenvalue weighted by molar-refractivity contribution is 6.03. The first-order chi connectivity index (χ1) is 12.8. The predicted octanol–water partition coefficient (Wildman–Crippen LogP) is 3.67. The number of hydrogen-bond acceptors (Lipinski definition) is 5. The van der Waals surface area contributed by atoms with E-state index >= 15 is 0 Å². The molecule has 5 nitrogen and oxygen atoms in total. The first-order valence-electron chi connectivity index (χ1n) is 9.62. The number of ketones is 1. The molecule has 0 saturated heterocycles. The van der Waals surface area contributed by atoms with Gasteiger partial charge in [-0.1, -0.05) is 20.3 Å². The maximum atomic E-state index is 12.7. The summed E-state index contributed by atoms with van der Waals surface area (Å²) in [4.78, 5) is 37.9. The summed E-state index contributed by atoms with van der Waals surface area (Å²) in [7, 11) is 2.57. The lowest BCUT2D eigenvalue weighted by atomic mass is 9.84. The Bertz CT molecular complexity index is 760. The van der Waals surface area contributed by atoms with Crippen molar-refractivity contribution in [1.82, 2.24) is 0 Å². The van der Waals surface area contributed by atoms with Crippen molar-refractivity contribution >= 4 is 17.7 Å². The van der Waals surface area contributed by atoms with Crippen LogP contribution in [-0.2, 0) is 38.3 Å². The number of unbranched alkanes of at least 4 members (excludes halogenated alkanes) is 1. The fraction of sp³-hybridized carbons (Fsp3) is 0.591. The van der Waals surface area contributed by atoms with Crippen LogP contribution in [0.15, 0.2) is 0 Å². The first-order valence-corrected chi connectivity index (χ1v) is 9.62. The molecule has 0 unspecified atom stereocenters. The Labute approximate surface area is 161 Å². The Balaban J connectivity index is 2.71. The van der Waals surface area contributed by atoms with Gasteiger partial charge in [0.25, 0.3) is 0 Å². The molecule has 0 saturated carbocycles. The average molecular weight is 374 g/mol. The standard InChI is InChI=1S/C22H30O5/c1-7-9-10-15-13(3)16-11-22(20(24)26-5,21(25)27-6)12-17(16)14(4)19(15)18(23)8-2/h7-12H2,1-6H3. The number of hydrogen-bond donors (Lipinski definition) is 0. The van der Waals surface area contributed by atoms with E-state index in [2.05, 4.69) is 6.92 Å². The molecule has 0 spiro atoms. The van der Waals surface area contributed by atoms with Crippen LogP contribution in [0.4, 0.5) is 0 Å². The summed E-state index contributed by atoms with van der Waals surface area (Å²) in [6.45, 7) is 7.92. The highest BCUT2D eigenvalue weighted by Gasteiger charge is 2.53. The summed E-state index contributed by atoms with van der Waals surface area (Å²) < 4.78 is 9.92. The molecule has 0 bridgehead atoms. The van der Waals surface area contributed by atoms with Gasteiger partial charge in [0.05, 0.1) is 14.2 Å². The van der Waals surface area contributed by atoms with Gasteiger partial charge in [0, 0.05) is 24.8 Å². The molecule has 0 heterocycles. The van der Waals surface area contributed by atoms with Crippen molar-refractivity contribution in [3.05, 3.63) is 33.4 Å². The van der Waals surface area contributed by atoms with Gasteiger partial charge in [-0.25, -0.2) is 0 Å². The topological polar surface area (TPSA) is 69.7 Å². The summed E-state index contributed by atoms with van der Waals surface area (Å²) in [6.07, 6.45) is 3.74. The second kappa shape index (κ2) is 8.24. The van der Waals surface area contributed by atoms with E-state index in [9.17, 15) is 14.4 Å². The lowest BCUT2D eigenvalue weighted by Gasteiger charge is -2.22. The maximum Gasteiger partial charge on any atom is 0.323 e. The number of rotatable bonds is 7. The minimum atomic E-state index is -1.36. The van der Waals surface area contributed by atoms with Gasteiger partial charge < -0.3 is 9.47 Å². The molecule has 1 aliphatic rings. The van der Waals surface area contributed by atoms with Crippen molar-refractivity contribution < 1.29 is 23.9 Å². The Kier molecular flexibility index (Phi) is 6.45. The Hall–Kier alpha value is -2.17. The molecule has 0 amide bonds. The number of methoxy groups -OCH3 is 2. The molecule has 27 heavy (non-hydrogen) atoms. The zero-order valence-corrected chi connectivity index (χ0v) is 17.3. The molecule has 1 aliphatic carbocycles. The second-order valence-electron chi connectivity index (χ2n) is 7.36. The van der Waals surface area contributed by atoms with Crippen molar-refractivity contribution in [1.29, 1.82) is 0 Å². The molecular weight excluding hydrogens is 344 g/mol. The molecule has 2 rings (SSSR count). The summed E-state index contributed by atoms with van der Waals surface area (Å²) in [5.74, 6) is -1.05. The van der Waals surface area contributed by atoms with E-state index in [-0.39, 0.29) is 18.6 Å².